The van der Waals surface area contributed by atoms with Crippen molar-refractivity contribution in [3.63, 3.8) is 0 Å². The highest BCUT2D eigenvalue weighted by atomic mass is 79.9. The summed E-state index contributed by atoms with van der Waals surface area (Å²) in [6.45, 7) is 3.69. The molecule has 25 heavy (non-hydrogen) atoms. The smallest absolute Gasteiger partial charge is 0.336 e. The van der Waals surface area contributed by atoms with Crippen LogP contribution in [-0.2, 0) is 0 Å². The first-order chi connectivity index (χ1) is 11.7. The van der Waals surface area contributed by atoms with Crippen molar-refractivity contribution in [3.05, 3.63) is 40.2 Å². The van der Waals surface area contributed by atoms with Gasteiger partial charge in [-0.3, -0.25) is 0 Å². The van der Waals surface area contributed by atoms with Crippen LogP contribution in [0.4, 0.5) is 0 Å². The van der Waals surface area contributed by atoms with Crippen molar-refractivity contribution in [1.29, 1.82) is 0 Å². The van der Waals surface area contributed by atoms with Crippen LogP contribution in [-0.4, -0.2) is 13.2 Å². The topological polar surface area (TPSA) is 67.1 Å². The van der Waals surface area contributed by atoms with Crippen molar-refractivity contribution in [1.82, 2.24) is 0 Å². The number of fused-ring (bicyclic) bond motifs is 1. The van der Waals surface area contributed by atoms with Crippen molar-refractivity contribution in [3.8, 4) is 5.75 Å². The van der Waals surface area contributed by atoms with Crippen LogP contribution >= 0.6 is 0 Å². The summed E-state index contributed by atoms with van der Waals surface area (Å²) in [5.41, 5.74) is 5.09. The molecule has 0 spiro atoms. The molecule has 0 amide bonds. The molecule has 0 saturated carbocycles. The van der Waals surface area contributed by atoms with Gasteiger partial charge in [0.25, 0.3) is 0 Å². The van der Waals surface area contributed by atoms with Crippen molar-refractivity contribution in [2.45, 2.75) is 58.3 Å². The molecule has 140 valence electrons. The van der Waals surface area contributed by atoms with Gasteiger partial charge in [0.2, 0.25) is 0 Å². The fourth-order valence-corrected chi connectivity index (χ4v) is 2.92. The molecule has 0 bridgehead atoms. The number of benzene rings is 1. The molecule has 0 fully saturated rings. The Labute approximate surface area is 160 Å². The molecule has 0 radical (unpaired) electrons. The van der Waals surface area contributed by atoms with Gasteiger partial charge >= 0.3 is 5.63 Å². The van der Waals surface area contributed by atoms with Gasteiger partial charge < -0.3 is 31.9 Å². The van der Waals surface area contributed by atoms with Crippen LogP contribution in [0.15, 0.2) is 33.5 Å². The molecule has 3 N–H and O–H groups in total. The van der Waals surface area contributed by atoms with E-state index < -0.39 is 0 Å². The van der Waals surface area contributed by atoms with Gasteiger partial charge in [-0.15, -0.1) is 0 Å². The van der Waals surface area contributed by atoms with Gasteiger partial charge in [-0.05, 0) is 43.9 Å². The Morgan fingerprint density at radius 1 is 0.960 bits per heavy atom. The Balaban J connectivity index is 0.00000312. The Hall–Kier alpha value is -1.33. The van der Waals surface area contributed by atoms with E-state index in [-0.39, 0.29) is 22.6 Å². The predicted octanol–water partition coefficient (Wildman–Crippen LogP) is 0.847. The molecule has 0 saturated heterocycles. The van der Waals surface area contributed by atoms with Gasteiger partial charge in [0, 0.05) is 17.5 Å². The van der Waals surface area contributed by atoms with E-state index in [9.17, 15) is 4.79 Å². The molecule has 0 aliphatic rings. The minimum atomic E-state index is -0.313. The molecule has 4 nitrogen and oxygen atoms in total. The predicted molar refractivity (Wildman–Crippen MR) is 97.4 cm³/mol. The van der Waals surface area contributed by atoms with E-state index in [4.69, 9.17) is 9.15 Å². The minimum absolute atomic E-state index is 0. The van der Waals surface area contributed by atoms with E-state index >= 15 is 0 Å². The second kappa shape index (κ2) is 12.1. The lowest BCUT2D eigenvalue weighted by Gasteiger charge is -2.07. The van der Waals surface area contributed by atoms with Crippen molar-refractivity contribution < 1.29 is 31.9 Å². The standard InChI is InChI=1S/C20H29NO3.BrH/c1-16-14-20(22)24-19-15-17(10-11-18(16)19)23-13-9-7-5-3-2-4-6-8-12-21;/h10-11,14-15H,2-9,12-13,21H2,1H3;1H. The Morgan fingerprint density at radius 3 is 2.28 bits per heavy atom. The van der Waals surface area contributed by atoms with E-state index in [2.05, 4.69) is 5.73 Å². The first-order valence-electron chi connectivity index (χ1n) is 9.17. The molecule has 2 aromatic rings. The van der Waals surface area contributed by atoms with Crippen LogP contribution in [0.3, 0.4) is 0 Å². The normalized spacial score (nSPS) is 10.6. The maximum absolute atomic E-state index is 11.4. The molecule has 2 rings (SSSR count). The first-order valence-corrected chi connectivity index (χ1v) is 9.17. The minimum Gasteiger partial charge on any atom is -1.00 e. The highest BCUT2D eigenvalue weighted by molar-refractivity contribution is 5.81. The fraction of sp³-hybridized carbons (Fsp3) is 0.550. The Bertz CT molecular complexity index is 684. The molecule has 0 atom stereocenters. The zero-order valence-electron chi connectivity index (χ0n) is 15.2. The number of aryl methyl sites for hydroxylation is 1. The van der Waals surface area contributed by atoms with Crippen LogP contribution in [0.25, 0.3) is 11.0 Å². The van der Waals surface area contributed by atoms with Gasteiger partial charge in [-0.2, -0.15) is 0 Å². The molecule has 1 aromatic carbocycles. The summed E-state index contributed by atoms with van der Waals surface area (Å²) >= 11 is 0. The second-order valence-corrected chi connectivity index (χ2v) is 6.44. The highest BCUT2D eigenvalue weighted by Crippen LogP contribution is 2.22. The molecular formula is C20H30BrNO3. The SMILES string of the molecule is Cc1cc(=O)oc2cc(OCCCCCCCCCC[NH3+])ccc12.[Br-]. The highest BCUT2D eigenvalue weighted by Gasteiger charge is 2.04. The van der Waals surface area contributed by atoms with Crippen LogP contribution < -0.4 is 33.1 Å². The lowest BCUT2D eigenvalue weighted by atomic mass is 10.1. The molecular weight excluding hydrogens is 382 g/mol. The largest absolute Gasteiger partial charge is 1.00 e. The third-order valence-corrected chi connectivity index (χ3v) is 4.34. The summed E-state index contributed by atoms with van der Waals surface area (Å²) in [6.07, 6.45) is 10.1. The third kappa shape index (κ3) is 7.61. The third-order valence-electron chi connectivity index (χ3n) is 4.34. The van der Waals surface area contributed by atoms with Gasteiger partial charge in [0.1, 0.15) is 11.3 Å². The number of rotatable bonds is 11. The second-order valence-electron chi connectivity index (χ2n) is 6.44. The molecule has 5 heteroatoms. The fourth-order valence-electron chi connectivity index (χ4n) is 2.92. The molecule has 0 aliphatic heterocycles. The Kier molecular flexibility index (Phi) is 10.5. The first kappa shape index (κ1) is 21.7. The lowest BCUT2D eigenvalue weighted by Crippen LogP contribution is -3.00. The van der Waals surface area contributed by atoms with Gasteiger partial charge in [-0.25, -0.2) is 4.79 Å². The maximum Gasteiger partial charge on any atom is 0.336 e. The van der Waals surface area contributed by atoms with Crippen molar-refractivity contribution >= 4 is 11.0 Å². The van der Waals surface area contributed by atoms with E-state index in [1.807, 2.05) is 25.1 Å². The van der Waals surface area contributed by atoms with E-state index in [0.717, 1.165) is 29.7 Å². The maximum atomic E-state index is 11.4. The molecule has 1 aromatic heterocycles. The number of quaternary nitrogens is 1. The number of hydrogen-bond donors (Lipinski definition) is 1. The number of ether oxygens (including phenoxy) is 1. The summed E-state index contributed by atoms with van der Waals surface area (Å²) in [6, 6.07) is 7.22. The van der Waals surface area contributed by atoms with Crippen LogP contribution in [0.5, 0.6) is 5.75 Å². The van der Waals surface area contributed by atoms with Crippen molar-refractivity contribution in [2.75, 3.05) is 13.2 Å². The van der Waals surface area contributed by atoms with E-state index in [1.54, 1.807) is 0 Å². The van der Waals surface area contributed by atoms with E-state index in [1.165, 1.54) is 51.0 Å². The van der Waals surface area contributed by atoms with Gasteiger partial charge in [-0.1, -0.05) is 32.1 Å². The van der Waals surface area contributed by atoms with Gasteiger partial charge in [0.15, 0.2) is 0 Å². The molecule has 0 aliphatic carbocycles. The Morgan fingerprint density at radius 2 is 1.60 bits per heavy atom. The van der Waals surface area contributed by atoms with Crippen molar-refractivity contribution in [2.24, 2.45) is 0 Å². The quantitative estimate of drug-likeness (QED) is 0.440. The van der Waals surface area contributed by atoms with Crippen LogP contribution in [0.1, 0.15) is 56.9 Å². The average molecular weight is 412 g/mol. The molecule has 1 heterocycles. The average Bonchev–Trinajstić information content (AvgIpc) is 2.56. The number of hydrogen-bond acceptors (Lipinski definition) is 3. The van der Waals surface area contributed by atoms with Gasteiger partial charge in [0.05, 0.1) is 13.2 Å². The number of unbranched alkanes of at least 4 members (excludes halogenated alkanes) is 7. The monoisotopic (exact) mass is 411 g/mol. The number of halogens is 1. The van der Waals surface area contributed by atoms with Crippen LogP contribution in [0, 0.1) is 6.92 Å². The summed E-state index contributed by atoms with van der Waals surface area (Å²) in [7, 11) is 0. The summed E-state index contributed by atoms with van der Waals surface area (Å²) in [4.78, 5) is 11.4. The zero-order chi connectivity index (χ0) is 17.2. The molecule has 0 unspecified atom stereocenters. The lowest BCUT2D eigenvalue weighted by molar-refractivity contribution is -0.368. The summed E-state index contributed by atoms with van der Waals surface area (Å²) in [5.74, 6) is 0.768. The summed E-state index contributed by atoms with van der Waals surface area (Å²) < 4.78 is 11.0. The van der Waals surface area contributed by atoms with E-state index in [0.29, 0.717) is 12.2 Å². The summed E-state index contributed by atoms with van der Waals surface area (Å²) in [5, 5.41) is 0.959. The zero-order valence-corrected chi connectivity index (χ0v) is 16.8. The van der Waals surface area contributed by atoms with Crippen LogP contribution in [0.2, 0.25) is 0 Å².